The molecule has 136 valence electrons. The minimum atomic E-state index is -6.09. The molecule has 0 aromatic heterocycles. The summed E-state index contributed by atoms with van der Waals surface area (Å²) in [5.41, 5.74) is -5.04. The quantitative estimate of drug-likeness (QED) is 0.256. The first-order chi connectivity index (χ1) is 11.5. The van der Waals surface area contributed by atoms with Crippen LogP contribution < -0.4 is 21.2 Å². The molecule has 0 heterocycles. The Morgan fingerprint density at radius 1 is 1.00 bits per heavy atom. The van der Waals surface area contributed by atoms with Gasteiger partial charge in [-0.05, 0) is 36.4 Å². The van der Waals surface area contributed by atoms with Gasteiger partial charge in [0, 0.05) is 0 Å². The molecule has 0 saturated carbocycles. The number of benzene rings is 2. The van der Waals surface area contributed by atoms with E-state index in [1.807, 2.05) is 30.3 Å². The van der Waals surface area contributed by atoms with Gasteiger partial charge in [0.15, 0.2) is 17.3 Å². The highest BCUT2D eigenvalue weighted by atomic mass is 127. The maximum Gasteiger partial charge on any atom is 0.485 e. The van der Waals surface area contributed by atoms with Crippen molar-refractivity contribution in [1.29, 1.82) is 0 Å². The maximum absolute atomic E-state index is 11.3. The van der Waals surface area contributed by atoms with Crippen molar-refractivity contribution >= 4 is 16.1 Å². The maximum atomic E-state index is 11.3. The van der Waals surface area contributed by atoms with Gasteiger partial charge in [0.05, 0.1) is 12.7 Å². The van der Waals surface area contributed by atoms with E-state index >= 15 is 0 Å². The summed E-state index contributed by atoms with van der Waals surface area (Å²) in [5, 5.41) is 0. The van der Waals surface area contributed by atoms with Crippen LogP contribution in [0.4, 0.5) is 13.2 Å². The second-order valence-corrected chi connectivity index (χ2v) is 8.69. The third-order valence-corrected chi connectivity index (χ3v) is 5.75. The van der Waals surface area contributed by atoms with Crippen molar-refractivity contribution in [2.24, 2.45) is 0 Å². The van der Waals surface area contributed by atoms with Crippen LogP contribution in [0.5, 0.6) is 0 Å². The number of carbonyl (C=O) groups excluding carboxylic acids is 1. The fourth-order valence-corrected chi connectivity index (χ4v) is 3.58. The summed E-state index contributed by atoms with van der Waals surface area (Å²) in [6, 6.07) is 18.1. The predicted molar refractivity (Wildman–Crippen MR) is 77.4 cm³/mol. The molecule has 0 unspecified atom stereocenters. The number of alkyl halides is 3. The van der Waals surface area contributed by atoms with Crippen LogP contribution in [-0.2, 0) is 14.9 Å². The number of carbonyl (C=O) groups is 1. The van der Waals surface area contributed by atoms with Gasteiger partial charge in [0.1, 0.15) is 0 Å². The molecule has 0 saturated heterocycles. The Morgan fingerprint density at radius 2 is 1.44 bits per heavy atom. The van der Waals surface area contributed by atoms with Gasteiger partial charge in [-0.2, -0.15) is 13.2 Å². The molecule has 0 amide bonds. The topological polar surface area (TPSA) is 83.5 Å². The van der Waals surface area contributed by atoms with Gasteiger partial charge in [-0.1, -0.05) is 18.2 Å². The lowest BCUT2D eigenvalue weighted by Crippen LogP contribution is -3.61. The number of esters is 1. The zero-order valence-corrected chi connectivity index (χ0v) is 15.6. The molecule has 5 nitrogen and oxygen atoms in total. The van der Waals surface area contributed by atoms with E-state index in [1.54, 1.807) is 0 Å². The lowest BCUT2D eigenvalue weighted by molar-refractivity contribution is -0.597. The van der Waals surface area contributed by atoms with Crippen LogP contribution >= 0.6 is 0 Å². The van der Waals surface area contributed by atoms with Crippen molar-refractivity contribution in [2.75, 3.05) is 7.11 Å². The summed E-state index contributed by atoms with van der Waals surface area (Å²) in [7, 11) is -4.69. The third-order valence-electron chi connectivity index (χ3n) is 2.50. The Bertz CT molecular complexity index is 790. The summed E-state index contributed by atoms with van der Waals surface area (Å²) < 4.78 is 66.2. The Morgan fingerprint density at radius 3 is 1.84 bits per heavy atom. The number of rotatable bonds is 3. The monoisotopic (exact) mass is 488 g/mol. The first-order valence-corrected chi connectivity index (χ1v) is 10.0. The minimum absolute atomic E-state index is 0.161. The molecule has 2 aromatic rings. The first-order valence-electron chi connectivity index (χ1n) is 6.45. The van der Waals surface area contributed by atoms with Crippen molar-refractivity contribution in [3.8, 4) is 0 Å². The molecule has 0 N–H and O–H groups in total. The number of hydrogen-bond donors (Lipinski definition) is 0. The van der Waals surface area contributed by atoms with Crippen LogP contribution in [-0.4, -0.2) is 31.6 Å². The van der Waals surface area contributed by atoms with Crippen LogP contribution in [0.1, 0.15) is 10.4 Å². The highest BCUT2D eigenvalue weighted by Gasteiger charge is 2.36. The Kier molecular flexibility index (Phi) is 7.83. The number of ether oxygens (including phenoxy) is 1. The van der Waals surface area contributed by atoms with Crippen LogP contribution in [0.15, 0.2) is 54.6 Å². The number of halogens is 4. The van der Waals surface area contributed by atoms with Crippen molar-refractivity contribution in [1.82, 2.24) is 0 Å². The molecule has 0 radical (unpaired) electrons. The molecule has 0 bridgehead atoms. The molecule has 2 rings (SSSR count). The SMILES string of the molecule is COC(=O)c1ccc([I+]c2ccccc2)cc1.O=S(=O)([O-])C(F)(F)F. The second-order valence-electron chi connectivity index (χ2n) is 4.29. The van der Waals surface area contributed by atoms with Crippen LogP contribution in [0.2, 0.25) is 0 Å². The average molecular weight is 488 g/mol. The Hall–Kier alpha value is -1.66. The molecule has 0 aliphatic rings. The van der Waals surface area contributed by atoms with Crippen LogP contribution in [0.3, 0.4) is 0 Å². The molecule has 0 aliphatic heterocycles. The number of hydrogen-bond acceptors (Lipinski definition) is 5. The predicted octanol–water partition coefficient (Wildman–Crippen LogP) is -0.347. The molecule has 25 heavy (non-hydrogen) atoms. The van der Waals surface area contributed by atoms with Gasteiger partial charge < -0.3 is 9.29 Å². The van der Waals surface area contributed by atoms with E-state index in [0.29, 0.717) is 5.56 Å². The molecule has 2 aromatic carbocycles. The van der Waals surface area contributed by atoms with Crippen molar-refractivity contribution in [2.45, 2.75) is 5.51 Å². The van der Waals surface area contributed by atoms with Crippen LogP contribution in [0, 0.1) is 7.14 Å². The van der Waals surface area contributed by atoms with E-state index in [0.717, 1.165) is 0 Å². The lowest BCUT2D eigenvalue weighted by Gasteiger charge is -2.08. The molecular formula is C15H12F3IO5S. The van der Waals surface area contributed by atoms with E-state index in [9.17, 15) is 18.0 Å². The zero-order valence-electron chi connectivity index (χ0n) is 12.7. The molecule has 0 aliphatic carbocycles. The highest BCUT2D eigenvalue weighted by Crippen LogP contribution is 2.20. The molecule has 0 atom stereocenters. The van der Waals surface area contributed by atoms with Gasteiger partial charge in [0.2, 0.25) is 0 Å². The normalized spacial score (nSPS) is 11.2. The van der Waals surface area contributed by atoms with E-state index in [-0.39, 0.29) is 27.2 Å². The lowest BCUT2D eigenvalue weighted by atomic mass is 10.2. The molecule has 10 heteroatoms. The summed E-state index contributed by atoms with van der Waals surface area (Å²) >= 11 is -0.161. The molecule has 0 spiro atoms. The average Bonchev–Trinajstić information content (AvgIpc) is 2.54. The summed E-state index contributed by atoms with van der Waals surface area (Å²) in [6.45, 7) is 0. The fraction of sp³-hybridized carbons (Fsp3) is 0.133. The van der Waals surface area contributed by atoms with Crippen molar-refractivity contribution in [3.05, 3.63) is 67.3 Å². The summed E-state index contributed by atoms with van der Waals surface area (Å²) in [5.74, 6) is -0.283. The second kappa shape index (κ2) is 9.15. The third kappa shape index (κ3) is 7.40. The Balaban J connectivity index is 0.000000333. The molecule has 0 fully saturated rings. The fourth-order valence-electron chi connectivity index (χ4n) is 1.37. The van der Waals surface area contributed by atoms with Crippen LogP contribution in [0.25, 0.3) is 0 Å². The van der Waals surface area contributed by atoms with E-state index in [2.05, 4.69) is 29.0 Å². The van der Waals surface area contributed by atoms with Crippen molar-refractivity contribution in [3.63, 3.8) is 0 Å². The zero-order chi connectivity index (χ0) is 19.1. The van der Waals surface area contributed by atoms with E-state index in [1.165, 1.54) is 14.3 Å². The van der Waals surface area contributed by atoms with Gasteiger partial charge >= 0.3 is 32.7 Å². The smallest absolute Gasteiger partial charge is 0.485 e. The summed E-state index contributed by atoms with van der Waals surface area (Å²) in [4.78, 5) is 11.3. The van der Waals surface area contributed by atoms with Crippen molar-refractivity contribution < 1.29 is 56.9 Å². The van der Waals surface area contributed by atoms with Gasteiger partial charge in [-0.25, -0.2) is 13.2 Å². The highest BCUT2D eigenvalue weighted by molar-refractivity contribution is 7.86. The van der Waals surface area contributed by atoms with E-state index in [4.69, 9.17) is 13.0 Å². The number of methoxy groups -OCH3 is 1. The summed E-state index contributed by atoms with van der Waals surface area (Å²) in [6.07, 6.45) is 0. The van der Waals surface area contributed by atoms with E-state index < -0.39 is 15.6 Å². The molecular weight excluding hydrogens is 476 g/mol. The standard InChI is InChI=1S/C14H12IO2.CHF3O3S/c1-17-14(16)11-7-9-13(10-8-11)15-12-5-3-2-4-6-12;2-1(3,4)8(5,6)7/h2-10H,1H3;(H,5,6,7)/q+1;/p-1. The minimum Gasteiger partial charge on any atom is -0.741 e. The van der Waals surface area contributed by atoms with Gasteiger partial charge in [0.25, 0.3) is 0 Å². The van der Waals surface area contributed by atoms with Gasteiger partial charge in [-0.3, -0.25) is 0 Å². The largest absolute Gasteiger partial charge is 0.741 e. The van der Waals surface area contributed by atoms with Gasteiger partial charge in [-0.15, -0.1) is 0 Å². The first kappa shape index (κ1) is 21.4. The Labute approximate surface area is 152 Å².